The van der Waals surface area contributed by atoms with Gasteiger partial charge in [-0.2, -0.15) is 0 Å². The minimum absolute atomic E-state index is 0.0451. The van der Waals surface area contributed by atoms with E-state index in [0.717, 1.165) is 27.1 Å². The van der Waals surface area contributed by atoms with Gasteiger partial charge in [0.15, 0.2) is 5.11 Å². The molecule has 0 N–H and O–H groups in total. The van der Waals surface area contributed by atoms with E-state index in [9.17, 15) is 9.59 Å². The standard InChI is InChI=1S/C29H22BrN3O2S/c1-19-17-21(20(2)31(19)26-16-10-9-15-25(26)30)18-24-27(34)32(22-11-5-3-6-12-22)29(36)33(28(24)35)23-13-7-4-8-14-23/h3-18H,1-2H3. The molecule has 0 unspecified atom stereocenters. The number of thiocarbonyl (C=S) groups is 1. The van der Waals surface area contributed by atoms with Crippen LogP contribution in [0.2, 0.25) is 0 Å². The fourth-order valence-electron chi connectivity index (χ4n) is 4.43. The van der Waals surface area contributed by atoms with Gasteiger partial charge in [0.2, 0.25) is 0 Å². The van der Waals surface area contributed by atoms with E-state index in [1.165, 1.54) is 9.80 Å². The average Bonchev–Trinajstić information content (AvgIpc) is 3.16. The van der Waals surface area contributed by atoms with Crippen LogP contribution in [0.25, 0.3) is 11.8 Å². The molecule has 1 aliphatic rings. The summed E-state index contributed by atoms with van der Waals surface area (Å²) in [6.07, 6.45) is 1.67. The zero-order valence-electron chi connectivity index (χ0n) is 19.7. The van der Waals surface area contributed by atoms with Gasteiger partial charge in [0.1, 0.15) is 5.57 Å². The van der Waals surface area contributed by atoms with Crippen LogP contribution >= 0.6 is 28.1 Å². The quantitative estimate of drug-likeness (QED) is 0.162. The number of rotatable bonds is 4. The van der Waals surface area contributed by atoms with Gasteiger partial charge in [-0.25, -0.2) is 0 Å². The SMILES string of the molecule is Cc1cc(C=C2C(=O)N(c3ccccc3)C(=S)N(c3ccccc3)C2=O)c(C)n1-c1ccccc1Br. The zero-order chi connectivity index (χ0) is 25.4. The molecule has 1 fully saturated rings. The smallest absolute Gasteiger partial charge is 0.270 e. The van der Waals surface area contributed by atoms with E-state index in [0.29, 0.717) is 11.4 Å². The van der Waals surface area contributed by atoms with Gasteiger partial charge in [0.05, 0.1) is 17.1 Å². The Kier molecular flexibility index (Phi) is 6.43. The third-order valence-corrected chi connectivity index (χ3v) is 7.18. The Bertz CT molecular complexity index is 1460. The molecule has 0 radical (unpaired) electrons. The molecule has 5 nitrogen and oxygen atoms in total. The van der Waals surface area contributed by atoms with Crippen molar-refractivity contribution in [2.75, 3.05) is 9.80 Å². The van der Waals surface area contributed by atoms with Gasteiger partial charge in [-0.15, -0.1) is 0 Å². The number of para-hydroxylation sites is 3. The third kappa shape index (κ3) is 4.10. The monoisotopic (exact) mass is 555 g/mol. The van der Waals surface area contributed by atoms with Crippen LogP contribution in [0.5, 0.6) is 0 Å². The van der Waals surface area contributed by atoms with Crippen LogP contribution in [0.4, 0.5) is 11.4 Å². The van der Waals surface area contributed by atoms with E-state index in [4.69, 9.17) is 12.2 Å². The highest BCUT2D eigenvalue weighted by Gasteiger charge is 2.41. The van der Waals surface area contributed by atoms with Crippen molar-refractivity contribution in [3.8, 4) is 5.69 Å². The number of carbonyl (C=O) groups excluding carboxylic acids is 2. The van der Waals surface area contributed by atoms with Crippen molar-refractivity contribution in [2.45, 2.75) is 13.8 Å². The number of carbonyl (C=O) groups is 2. The lowest BCUT2D eigenvalue weighted by Gasteiger charge is -2.36. The fraction of sp³-hybridized carbons (Fsp3) is 0.0690. The maximum absolute atomic E-state index is 13.8. The molecule has 0 saturated carbocycles. The number of benzene rings is 3. The summed E-state index contributed by atoms with van der Waals surface area (Å²) in [6, 6.07) is 28.2. The Balaban J connectivity index is 1.67. The van der Waals surface area contributed by atoms with E-state index >= 15 is 0 Å². The number of halogens is 1. The predicted molar refractivity (Wildman–Crippen MR) is 151 cm³/mol. The van der Waals surface area contributed by atoms with E-state index in [-0.39, 0.29) is 10.7 Å². The minimum Gasteiger partial charge on any atom is -0.317 e. The highest BCUT2D eigenvalue weighted by molar-refractivity contribution is 9.10. The molecule has 3 aromatic carbocycles. The second kappa shape index (κ2) is 9.68. The van der Waals surface area contributed by atoms with Crippen molar-refractivity contribution in [3.05, 3.63) is 118 Å². The zero-order valence-corrected chi connectivity index (χ0v) is 22.1. The van der Waals surface area contributed by atoms with Crippen LogP contribution in [-0.2, 0) is 9.59 Å². The van der Waals surface area contributed by atoms with Crippen molar-refractivity contribution in [2.24, 2.45) is 0 Å². The van der Waals surface area contributed by atoms with Crippen molar-refractivity contribution >= 4 is 62.5 Å². The number of anilines is 2. The van der Waals surface area contributed by atoms with E-state index in [2.05, 4.69) is 20.5 Å². The Morgan fingerprint density at radius 3 is 1.78 bits per heavy atom. The normalized spacial score (nSPS) is 14.0. The molecule has 1 saturated heterocycles. The van der Waals surface area contributed by atoms with Gasteiger partial charge in [0, 0.05) is 15.9 Å². The lowest BCUT2D eigenvalue weighted by molar-refractivity contribution is -0.120. The summed E-state index contributed by atoms with van der Waals surface area (Å²) in [6.45, 7) is 3.98. The second-order valence-electron chi connectivity index (χ2n) is 8.41. The Labute approximate surface area is 223 Å². The van der Waals surface area contributed by atoms with Crippen LogP contribution in [-0.4, -0.2) is 21.5 Å². The molecular weight excluding hydrogens is 534 g/mol. The first-order valence-corrected chi connectivity index (χ1v) is 12.6. The molecule has 1 aliphatic heterocycles. The summed E-state index contributed by atoms with van der Waals surface area (Å²) in [5.74, 6) is -0.900. The van der Waals surface area contributed by atoms with Gasteiger partial charge in [-0.1, -0.05) is 48.5 Å². The van der Waals surface area contributed by atoms with Gasteiger partial charge in [-0.05, 0) is 96.1 Å². The molecule has 0 spiro atoms. The fourth-order valence-corrected chi connectivity index (χ4v) is 5.27. The number of hydrogen-bond donors (Lipinski definition) is 0. The van der Waals surface area contributed by atoms with Gasteiger partial charge < -0.3 is 4.57 Å². The summed E-state index contributed by atoms with van der Waals surface area (Å²) < 4.78 is 3.05. The first kappa shape index (κ1) is 23.9. The number of hydrogen-bond acceptors (Lipinski definition) is 3. The predicted octanol–water partition coefficient (Wildman–Crippen LogP) is 6.60. The van der Waals surface area contributed by atoms with Crippen molar-refractivity contribution < 1.29 is 9.59 Å². The summed E-state index contributed by atoms with van der Waals surface area (Å²) >= 11 is 9.32. The second-order valence-corrected chi connectivity index (χ2v) is 9.63. The molecule has 0 atom stereocenters. The minimum atomic E-state index is -0.450. The van der Waals surface area contributed by atoms with Crippen LogP contribution in [0.15, 0.2) is 101 Å². The maximum atomic E-state index is 13.8. The molecule has 0 aliphatic carbocycles. The summed E-state index contributed by atoms with van der Waals surface area (Å²) in [5, 5.41) is 0.123. The summed E-state index contributed by atoms with van der Waals surface area (Å²) in [4.78, 5) is 30.4. The molecule has 4 aromatic rings. The molecule has 2 heterocycles. The first-order valence-electron chi connectivity index (χ1n) is 11.4. The number of aryl methyl sites for hydroxylation is 1. The molecule has 2 amide bonds. The number of amides is 2. The van der Waals surface area contributed by atoms with E-state index in [1.807, 2.05) is 80.6 Å². The first-order chi connectivity index (χ1) is 17.4. The maximum Gasteiger partial charge on any atom is 0.270 e. The van der Waals surface area contributed by atoms with Crippen LogP contribution in [0.3, 0.4) is 0 Å². The van der Waals surface area contributed by atoms with Crippen LogP contribution < -0.4 is 9.80 Å². The number of nitrogens with zero attached hydrogens (tertiary/aromatic N) is 3. The lowest BCUT2D eigenvalue weighted by atomic mass is 10.1. The Hall–Kier alpha value is -3.81. The molecule has 5 rings (SSSR count). The molecule has 178 valence electrons. The molecule has 1 aromatic heterocycles. The third-order valence-electron chi connectivity index (χ3n) is 6.14. The average molecular weight is 556 g/mol. The van der Waals surface area contributed by atoms with Crippen molar-refractivity contribution in [1.82, 2.24) is 4.57 Å². The highest BCUT2D eigenvalue weighted by Crippen LogP contribution is 2.32. The van der Waals surface area contributed by atoms with Gasteiger partial charge in [0.25, 0.3) is 11.8 Å². The van der Waals surface area contributed by atoms with Crippen molar-refractivity contribution in [1.29, 1.82) is 0 Å². The highest BCUT2D eigenvalue weighted by atomic mass is 79.9. The molecule has 36 heavy (non-hydrogen) atoms. The number of aromatic nitrogens is 1. The molecular formula is C29H22BrN3O2S. The van der Waals surface area contributed by atoms with Crippen LogP contribution in [0, 0.1) is 13.8 Å². The van der Waals surface area contributed by atoms with E-state index < -0.39 is 11.8 Å². The largest absolute Gasteiger partial charge is 0.317 e. The molecule has 7 heteroatoms. The van der Waals surface area contributed by atoms with Crippen molar-refractivity contribution in [3.63, 3.8) is 0 Å². The van der Waals surface area contributed by atoms with Gasteiger partial charge >= 0.3 is 0 Å². The lowest BCUT2D eigenvalue weighted by Crippen LogP contribution is -2.56. The Morgan fingerprint density at radius 1 is 0.750 bits per heavy atom. The van der Waals surface area contributed by atoms with Gasteiger partial charge in [-0.3, -0.25) is 19.4 Å². The topological polar surface area (TPSA) is 45.6 Å². The van der Waals surface area contributed by atoms with Crippen LogP contribution in [0.1, 0.15) is 17.0 Å². The van der Waals surface area contributed by atoms with E-state index in [1.54, 1.807) is 30.3 Å². The summed E-state index contributed by atoms with van der Waals surface area (Å²) in [7, 11) is 0. The molecule has 0 bridgehead atoms. The Morgan fingerprint density at radius 2 is 1.25 bits per heavy atom. The summed E-state index contributed by atoms with van der Waals surface area (Å²) in [5.41, 5.74) is 4.92.